The molecule has 0 N–H and O–H groups in total. The van der Waals surface area contributed by atoms with Gasteiger partial charge in [-0.1, -0.05) is 25.3 Å². The Morgan fingerprint density at radius 3 is 2.76 bits per heavy atom. The number of piperidine rings is 1. The van der Waals surface area contributed by atoms with Crippen molar-refractivity contribution in [3.05, 3.63) is 40.4 Å². The summed E-state index contributed by atoms with van der Waals surface area (Å²) in [5, 5.41) is 0.740. The first-order valence-electron chi connectivity index (χ1n) is 9.94. The van der Waals surface area contributed by atoms with Crippen molar-refractivity contribution in [2.45, 2.75) is 76.9 Å². The minimum Gasteiger partial charge on any atom is -0.299 e. The van der Waals surface area contributed by atoms with E-state index in [1.807, 2.05) is 29.7 Å². The van der Waals surface area contributed by atoms with E-state index in [1.54, 1.807) is 6.33 Å². The molecule has 2 fully saturated rings. The Morgan fingerprint density at radius 1 is 1.12 bits per heavy atom. The molecule has 134 valence electrons. The third-order valence-electron chi connectivity index (χ3n) is 6.15. The molecule has 2 aliphatic rings. The van der Waals surface area contributed by atoms with Crippen LogP contribution in [0, 0.1) is 6.92 Å². The zero-order valence-electron chi connectivity index (χ0n) is 15.3. The van der Waals surface area contributed by atoms with Crippen LogP contribution < -0.4 is 5.56 Å². The molecule has 2 heterocycles. The summed E-state index contributed by atoms with van der Waals surface area (Å²) in [6.07, 6.45) is 12.3. The van der Waals surface area contributed by atoms with Gasteiger partial charge in [0, 0.05) is 18.6 Å². The number of aromatic nitrogens is 2. The minimum atomic E-state index is 0.105. The number of nitrogens with zero attached hydrogens (tertiary/aromatic N) is 3. The van der Waals surface area contributed by atoms with Crippen molar-refractivity contribution in [2.75, 3.05) is 6.54 Å². The second kappa shape index (κ2) is 7.28. The first-order valence-corrected chi connectivity index (χ1v) is 9.94. The summed E-state index contributed by atoms with van der Waals surface area (Å²) in [7, 11) is 0. The molecule has 1 saturated heterocycles. The maximum absolute atomic E-state index is 12.8. The maximum Gasteiger partial charge on any atom is 0.261 e. The van der Waals surface area contributed by atoms with Crippen LogP contribution in [0.2, 0.25) is 0 Å². The smallest absolute Gasteiger partial charge is 0.261 e. The van der Waals surface area contributed by atoms with Gasteiger partial charge in [0.15, 0.2) is 0 Å². The number of fused-ring (bicyclic) bond motifs is 1. The molecule has 4 rings (SSSR count). The number of likely N-dealkylation sites (tertiary alicyclic amines) is 1. The zero-order chi connectivity index (χ0) is 17.2. The van der Waals surface area contributed by atoms with Crippen LogP contribution in [0.3, 0.4) is 0 Å². The fourth-order valence-electron chi connectivity index (χ4n) is 4.77. The predicted molar refractivity (Wildman–Crippen MR) is 102 cm³/mol. The van der Waals surface area contributed by atoms with Crippen molar-refractivity contribution in [1.82, 2.24) is 14.5 Å². The maximum atomic E-state index is 12.8. The second-order valence-electron chi connectivity index (χ2n) is 7.88. The molecule has 25 heavy (non-hydrogen) atoms. The highest BCUT2D eigenvalue weighted by molar-refractivity contribution is 5.77. The van der Waals surface area contributed by atoms with Crippen molar-refractivity contribution in [3.63, 3.8) is 0 Å². The largest absolute Gasteiger partial charge is 0.299 e. The van der Waals surface area contributed by atoms with Crippen LogP contribution in [0.25, 0.3) is 10.9 Å². The monoisotopic (exact) mass is 339 g/mol. The average Bonchev–Trinajstić information content (AvgIpc) is 3.16. The van der Waals surface area contributed by atoms with Crippen LogP contribution in [-0.2, 0) is 6.54 Å². The normalized spacial score (nSPS) is 22.7. The summed E-state index contributed by atoms with van der Waals surface area (Å²) < 4.78 is 1.82. The van der Waals surface area contributed by atoms with E-state index in [0.717, 1.165) is 35.5 Å². The molecule has 1 aliphatic heterocycles. The molecule has 1 atom stereocenters. The Kier molecular flexibility index (Phi) is 4.89. The second-order valence-corrected chi connectivity index (χ2v) is 7.88. The number of aryl methyl sites for hydroxylation is 2. The van der Waals surface area contributed by atoms with Crippen molar-refractivity contribution in [2.24, 2.45) is 0 Å². The molecule has 0 spiro atoms. The molecular weight excluding hydrogens is 310 g/mol. The summed E-state index contributed by atoms with van der Waals surface area (Å²) in [6.45, 7) is 4.07. The number of hydrogen-bond donors (Lipinski definition) is 0. The average molecular weight is 339 g/mol. The van der Waals surface area contributed by atoms with Crippen LogP contribution >= 0.6 is 0 Å². The minimum absolute atomic E-state index is 0.105. The molecule has 1 aromatic carbocycles. The zero-order valence-corrected chi connectivity index (χ0v) is 15.3. The van der Waals surface area contributed by atoms with E-state index < -0.39 is 0 Å². The molecule has 1 unspecified atom stereocenters. The van der Waals surface area contributed by atoms with Crippen LogP contribution in [0.1, 0.15) is 56.9 Å². The Balaban J connectivity index is 1.50. The predicted octanol–water partition coefficient (Wildman–Crippen LogP) is 3.89. The van der Waals surface area contributed by atoms with Gasteiger partial charge in [-0.25, -0.2) is 4.98 Å². The Hall–Kier alpha value is -1.68. The lowest BCUT2D eigenvalue weighted by molar-refractivity contribution is 0.0880. The highest BCUT2D eigenvalue weighted by Crippen LogP contribution is 2.30. The van der Waals surface area contributed by atoms with Gasteiger partial charge in [0.05, 0.1) is 17.2 Å². The van der Waals surface area contributed by atoms with E-state index in [1.165, 1.54) is 51.5 Å². The van der Waals surface area contributed by atoms with Gasteiger partial charge in [0.25, 0.3) is 5.56 Å². The van der Waals surface area contributed by atoms with Gasteiger partial charge in [-0.15, -0.1) is 0 Å². The molecule has 4 nitrogen and oxygen atoms in total. The number of hydrogen-bond acceptors (Lipinski definition) is 3. The Morgan fingerprint density at radius 2 is 1.92 bits per heavy atom. The summed E-state index contributed by atoms with van der Waals surface area (Å²) >= 11 is 0. The van der Waals surface area contributed by atoms with Crippen molar-refractivity contribution >= 4 is 10.9 Å². The highest BCUT2D eigenvalue weighted by atomic mass is 16.1. The van der Waals surface area contributed by atoms with Gasteiger partial charge in [0.1, 0.15) is 0 Å². The third-order valence-corrected chi connectivity index (χ3v) is 6.15. The first-order chi connectivity index (χ1) is 12.2. The fourth-order valence-corrected chi connectivity index (χ4v) is 4.77. The lowest BCUT2D eigenvalue weighted by Gasteiger charge is -2.40. The van der Waals surface area contributed by atoms with Gasteiger partial charge < -0.3 is 0 Å². The van der Waals surface area contributed by atoms with Gasteiger partial charge in [-0.2, -0.15) is 0 Å². The first kappa shape index (κ1) is 16.8. The van der Waals surface area contributed by atoms with Crippen LogP contribution in [0.5, 0.6) is 0 Å². The number of benzene rings is 1. The molecule has 4 heteroatoms. The highest BCUT2D eigenvalue weighted by Gasteiger charge is 2.30. The molecule has 1 saturated carbocycles. The van der Waals surface area contributed by atoms with Gasteiger partial charge in [-0.3, -0.25) is 14.3 Å². The van der Waals surface area contributed by atoms with Crippen LogP contribution in [-0.4, -0.2) is 33.1 Å². The molecule has 1 aliphatic carbocycles. The van der Waals surface area contributed by atoms with E-state index in [4.69, 9.17) is 0 Å². The molecular formula is C21H29N3O. The quantitative estimate of drug-likeness (QED) is 0.848. The molecule has 2 aromatic rings. The molecule has 0 radical (unpaired) electrons. The van der Waals surface area contributed by atoms with Gasteiger partial charge in [-0.05, 0) is 63.3 Å². The van der Waals surface area contributed by atoms with Crippen LogP contribution in [0.15, 0.2) is 29.3 Å². The van der Waals surface area contributed by atoms with Gasteiger partial charge in [0.2, 0.25) is 0 Å². The van der Waals surface area contributed by atoms with Crippen molar-refractivity contribution < 1.29 is 0 Å². The Labute approximate surface area is 149 Å². The lowest BCUT2D eigenvalue weighted by Crippen LogP contribution is -2.45. The van der Waals surface area contributed by atoms with Crippen LogP contribution in [0.4, 0.5) is 0 Å². The fraction of sp³-hybridized carbons (Fsp3) is 0.619. The molecule has 0 bridgehead atoms. The van der Waals surface area contributed by atoms with E-state index >= 15 is 0 Å². The molecule has 0 amide bonds. The summed E-state index contributed by atoms with van der Waals surface area (Å²) in [5.41, 5.74) is 2.06. The van der Waals surface area contributed by atoms with E-state index in [-0.39, 0.29) is 5.56 Å². The van der Waals surface area contributed by atoms with E-state index in [9.17, 15) is 4.79 Å². The van der Waals surface area contributed by atoms with Crippen molar-refractivity contribution in [3.8, 4) is 0 Å². The van der Waals surface area contributed by atoms with Crippen molar-refractivity contribution in [1.29, 1.82) is 0 Å². The lowest BCUT2D eigenvalue weighted by atomic mass is 9.96. The van der Waals surface area contributed by atoms with Gasteiger partial charge >= 0.3 is 0 Å². The standard InChI is InChI=1S/C21H29N3O/c1-16-9-10-19-20(14-16)22-15-23(21(19)25)13-11-18-8-4-5-12-24(18)17-6-2-3-7-17/h9-10,14-15,17-18H,2-8,11-13H2,1H3. The van der Waals surface area contributed by atoms with E-state index in [0.29, 0.717) is 6.04 Å². The summed E-state index contributed by atoms with van der Waals surface area (Å²) in [6, 6.07) is 7.34. The van der Waals surface area contributed by atoms with E-state index in [2.05, 4.69) is 9.88 Å². The molecule has 1 aromatic heterocycles. The summed E-state index contributed by atoms with van der Waals surface area (Å²) in [5.74, 6) is 0. The number of rotatable bonds is 4. The third kappa shape index (κ3) is 3.50. The topological polar surface area (TPSA) is 38.1 Å². The SMILES string of the molecule is Cc1ccc2c(=O)n(CCC3CCCCN3C3CCCC3)cnc2c1. The summed E-state index contributed by atoms with van der Waals surface area (Å²) in [4.78, 5) is 20.0. The Bertz CT molecular complexity index is 791.